The standard InChI is InChI=1S/C13H20N2/c1-11-5-8-15-12(9-11)13(10-14)6-3-2-4-7-13/h5,8-9H,2-4,6-7,10,14H2,1H3. The average Bonchev–Trinajstić information content (AvgIpc) is 2.30. The number of hydrogen-bond acceptors (Lipinski definition) is 2. The minimum atomic E-state index is 0.171. The van der Waals surface area contributed by atoms with Crippen LogP contribution in [0.25, 0.3) is 0 Å². The third kappa shape index (κ3) is 2.05. The largest absolute Gasteiger partial charge is 0.330 e. The minimum absolute atomic E-state index is 0.171. The highest BCUT2D eigenvalue weighted by Gasteiger charge is 2.33. The van der Waals surface area contributed by atoms with E-state index in [1.165, 1.54) is 43.4 Å². The van der Waals surface area contributed by atoms with Crippen LogP contribution in [0.2, 0.25) is 0 Å². The fraction of sp³-hybridized carbons (Fsp3) is 0.615. The van der Waals surface area contributed by atoms with Crippen molar-refractivity contribution in [2.75, 3.05) is 6.54 Å². The molecule has 1 aliphatic rings. The number of nitrogens with two attached hydrogens (primary N) is 1. The van der Waals surface area contributed by atoms with Gasteiger partial charge in [-0.2, -0.15) is 0 Å². The Labute approximate surface area is 91.9 Å². The van der Waals surface area contributed by atoms with E-state index in [1.807, 2.05) is 6.20 Å². The molecule has 0 atom stereocenters. The van der Waals surface area contributed by atoms with Crippen molar-refractivity contribution in [2.24, 2.45) is 5.73 Å². The van der Waals surface area contributed by atoms with Crippen molar-refractivity contribution in [2.45, 2.75) is 44.4 Å². The van der Waals surface area contributed by atoms with Crippen molar-refractivity contribution in [3.8, 4) is 0 Å². The maximum atomic E-state index is 5.98. The Bertz CT molecular complexity index is 327. The highest BCUT2D eigenvalue weighted by atomic mass is 14.7. The lowest BCUT2D eigenvalue weighted by Gasteiger charge is -2.35. The van der Waals surface area contributed by atoms with Crippen molar-refractivity contribution >= 4 is 0 Å². The first-order valence-corrected chi connectivity index (χ1v) is 5.90. The number of nitrogens with zero attached hydrogens (tertiary/aromatic N) is 1. The maximum Gasteiger partial charge on any atom is 0.0480 e. The van der Waals surface area contributed by atoms with Crippen molar-refractivity contribution in [1.82, 2.24) is 4.98 Å². The lowest BCUT2D eigenvalue weighted by Crippen LogP contribution is -2.37. The van der Waals surface area contributed by atoms with Gasteiger partial charge in [0.15, 0.2) is 0 Å². The molecule has 0 saturated heterocycles. The molecule has 0 bridgehead atoms. The number of rotatable bonds is 2. The van der Waals surface area contributed by atoms with Gasteiger partial charge in [0.1, 0.15) is 0 Å². The van der Waals surface area contributed by atoms with Crippen LogP contribution < -0.4 is 5.73 Å². The van der Waals surface area contributed by atoms with E-state index < -0.39 is 0 Å². The molecule has 0 radical (unpaired) electrons. The molecular weight excluding hydrogens is 184 g/mol. The van der Waals surface area contributed by atoms with Crippen LogP contribution in [0, 0.1) is 6.92 Å². The molecule has 82 valence electrons. The predicted octanol–water partition coefficient (Wildman–Crippen LogP) is 2.55. The average molecular weight is 204 g/mol. The van der Waals surface area contributed by atoms with Crippen molar-refractivity contribution in [3.05, 3.63) is 29.6 Å². The molecule has 2 heteroatoms. The highest BCUT2D eigenvalue weighted by molar-refractivity contribution is 5.23. The van der Waals surface area contributed by atoms with E-state index in [-0.39, 0.29) is 5.41 Å². The van der Waals surface area contributed by atoms with Crippen LogP contribution in [0.5, 0.6) is 0 Å². The van der Waals surface area contributed by atoms with Crippen molar-refractivity contribution in [1.29, 1.82) is 0 Å². The fourth-order valence-corrected chi connectivity index (χ4v) is 2.62. The Kier molecular flexibility index (Phi) is 3.06. The van der Waals surface area contributed by atoms with E-state index in [0.717, 1.165) is 6.54 Å². The Morgan fingerprint density at radius 1 is 1.33 bits per heavy atom. The minimum Gasteiger partial charge on any atom is -0.330 e. The summed E-state index contributed by atoms with van der Waals surface area (Å²) in [6.45, 7) is 2.86. The van der Waals surface area contributed by atoms with E-state index >= 15 is 0 Å². The lowest BCUT2D eigenvalue weighted by atomic mass is 9.71. The summed E-state index contributed by atoms with van der Waals surface area (Å²) in [6, 6.07) is 4.26. The molecule has 1 heterocycles. The SMILES string of the molecule is Cc1ccnc(C2(CN)CCCCC2)c1. The smallest absolute Gasteiger partial charge is 0.0480 e. The third-order valence-corrected chi connectivity index (χ3v) is 3.66. The highest BCUT2D eigenvalue weighted by Crippen LogP contribution is 2.37. The molecular formula is C13H20N2. The van der Waals surface area contributed by atoms with Gasteiger partial charge in [-0.15, -0.1) is 0 Å². The van der Waals surface area contributed by atoms with Crippen LogP contribution in [0.3, 0.4) is 0 Å². The van der Waals surface area contributed by atoms with Crippen LogP contribution in [-0.2, 0) is 5.41 Å². The summed E-state index contributed by atoms with van der Waals surface area (Å²) in [7, 11) is 0. The zero-order valence-electron chi connectivity index (χ0n) is 9.50. The van der Waals surface area contributed by atoms with E-state index in [1.54, 1.807) is 0 Å². The first kappa shape index (κ1) is 10.6. The summed E-state index contributed by atoms with van der Waals surface area (Å²) in [6.07, 6.45) is 8.28. The zero-order chi connectivity index (χ0) is 10.7. The van der Waals surface area contributed by atoms with Gasteiger partial charge in [0.25, 0.3) is 0 Å². The summed E-state index contributed by atoms with van der Waals surface area (Å²) in [5, 5.41) is 0. The number of hydrogen-bond donors (Lipinski definition) is 1. The lowest BCUT2D eigenvalue weighted by molar-refractivity contribution is 0.293. The van der Waals surface area contributed by atoms with Gasteiger partial charge < -0.3 is 5.73 Å². The van der Waals surface area contributed by atoms with Gasteiger partial charge >= 0.3 is 0 Å². The molecule has 0 aliphatic heterocycles. The molecule has 2 rings (SSSR count). The Morgan fingerprint density at radius 3 is 2.67 bits per heavy atom. The first-order chi connectivity index (χ1) is 7.27. The number of aromatic nitrogens is 1. The van der Waals surface area contributed by atoms with E-state index in [9.17, 15) is 0 Å². The molecule has 2 nitrogen and oxygen atoms in total. The summed E-state index contributed by atoms with van der Waals surface area (Å²) in [5.74, 6) is 0. The van der Waals surface area contributed by atoms with Crippen LogP contribution >= 0.6 is 0 Å². The van der Waals surface area contributed by atoms with Gasteiger partial charge in [-0.1, -0.05) is 19.3 Å². The molecule has 1 aromatic heterocycles. The first-order valence-electron chi connectivity index (χ1n) is 5.90. The predicted molar refractivity (Wildman–Crippen MR) is 62.8 cm³/mol. The molecule has 1 aromatic rings. The van der Waals surface area contributed by atoms with E-state index in [4.69, 9.17) is 5.73 Å². The molecule has 1 saturated carbocycles. The van der Waals surface area contributed by atoms with Crippen LogP contribution in [0.1, 0.15) is 43.4 Å². The van der Waals surface area contributed by atoms with Crippen LogP contribution in [0.15, 0.2) is 18.3 Å². The Morgan fingerprint density at radius 2 is 2.07 bits per heavy atom. The summed E-state index contributed by atoms with van der Waals surface area (Å²) >= 11 is 0. The van der Waals surface area contributed by atoms with Crippen molar-refractivity contribution in [3.63, 3.8) is 0 Å². The summed E-state index contributed by atoms with van der Waals surface area (Å²) in [4.78, 5) is 4.53. The quantitative estimate of drug-likeness (QED) is 0.804. The Hall–Kier alpha value is -0.890. The van der Waals surface area contributed by atoms with Crippen LogP contribution in [-0.4, -0.2) is 11.5 Å². The molecule has 0 spiro atoms. The van der Waals surface area contributed by atoms with E-state index in [0.29, 0.717) is 0 Å². The van der Waals surface area contributed by atoms with E-state index in [2.05, 4.69) is 24.0 Å². The molecule has 0 aromatic carbocycles. The monoisotopic (exact) mass is 204 g/mol. The number of aryl methyl sites for hydroxylation is 1. The van der Waals surface area contributed by atoms with Crippen LogP contribution in [0.4, 0.5) is 0 Å². The third-order valence-electron chi connectivity index (χ3n) is 3.66. The molecule has 1 fully saturated rings. The molecule has 2 N–H and O–H groups in total. The topological polar surface area (TPSA) is 38.9 Å². The summed E-state index contributed by atoms with van der Waals surface area (Å²) < 4.78 is 0. The fourth-order valence-electron chi connectivity index (χ4n) is 2.62. The van der Waals surface area contributed by atoms with Gasteiger partial charge in [0.05, 0.1) is 0 Å². The summed E-state index contributed by atoms with van der Waals surface area (Å²) in [5.41, 5.74) is 8.65. The molecule has 1 aliphatic carbocycles. The second-order valence-corrected chi connectivity index (χ2v) is 4.76. The van der Waals surface area contributed by atoms with Gasteiger partial charge in [-0.05, 0) is 37.5 Å². The maximum absolute atomic E-state index is 5.98. The number of pyridine rings is 1. The normalized spacial score (nSPS) is 20.1. The molecule has 15 heavy (non-hydrogen) atoms. The Balaban J connectivity index is 2.32. The zero-order valence-corrected chi connectivity index (χ0v) is 9.50. The second-order valence-electron chi connectivity index (χ2n) is 4.76. The van der Waals surface area contributed by atoms with Gasteiger partial charge in [-0.3, -0.25) is 4.98 Å². The van der Waals surface area contributed by atoms with Crippen molar-refractivity contribution < 1.29 is 0 Å². The van der Waals surface area contributed by atoms with Gasteiger partial charge in [-0.25, -0.2) is 0 Å². The van der Waals surface area contributed by atoms with Gasteiger partial charge in [0, 0.05) is 23.9 Å². The molecule has 0 unspecified atom stereocenters. The molecule has 0 amide bonds. The van der Waals surface area contributed by atoms with Gasteiger partial charge in [0.2, 0.25) is 0 Å². The second kappa shape index (κ2) is 4.31.